The van der Waals surface area contributed by atoms with E-state index >= 15 is 0 Å². The number of non-ortho nitro benzene ring substituents is 1. The van der Waals surface area contributed by atoms with Crippen LogP contribution in [0.4, 0.5) is 10.5 Å². The Balaban J connectivity index is 2.54. The van der Waals surface area contributed by atoms with Crippen molar-refractivity contribution < 1.29 is 24.4 Å². The lowest BCUT2D eigenvalue weighted by Gasteiger charge is -2.03. The lowest BCUT2D eigenvalue weighted by Crippen LogP contribution is -2.31. The Hall–Kier alpha value is -2.64. The van der Waals surface area contributed by atoms with Crippen LogP contribution in [-0.4, -0.2) is 28.6 Å². The number of carboxylic acids is 1. The number of nitro groups is 1. The molecule has 1 aromatic carbocycles. The molecule has 1 rings (SSSR count). The van der Waals surface area contributed by atoms with Gasteiger partial charge in [0, 0.05) is 12.1 Å². The van der Waals surface area contributed by atoms with Gasteiger partial charge in [-0.15, -0.1) is 0 Å². The van der Waals surface area contributed by atoms with Crippen molar-refractivity contribution in [3.63, 3.8) is 0 Å². The molecule has 0 radical (unpaired) electrons. The van der Waals surface area contributed by atoms with E-state index in [0.29, 0.717) is 0 Å². The Bertz CT molecular complexity index is 441. The molecule has 0 spiro atoms. The van der Waals surface area contributed by atoms with Gasteiger partial charge in [0.05, 0.1) is 4.92 Å². The van der Waals surface area contributed by atoms with Gasteiger partial charge in [-0.05, 0) is 12.1 Å². The van der Waals surface area contributed by atoms with Crippen LogP contribution in [0.1, 0.15) is 0 Å². The van der Waals surface area contributed by atoms with Crippen LogP contribution in [0.2, 0.25) is 0 Å². The first kappa shape index (κ1) is 12.4. The molecule has 1 aromatic rings. The number of carbonyl (C=O) groups is 2. The lowest BCUT2D eigenvalue weighted by atomic mass is 10.3. The Morgan fingerprint density at radius 2 is 1.94 bits per heavy atom. The van der Waals surface area contributed by atoms with E-state index in [0.717, 1.165) is 0 Å². The SMILES string of the molecule is O=C(O)CNC(=O)Oc1ccc([N+](=O)[O-])cc1. The van der Waals surface area contributed by atoms with Gasteiger partial charge in [0.15, 0.2) is 0 Å². The molecule has 0 aliphatic carbocycles. The van der Waals surface area contributed by atoms with E-state index in [2.05, 4.69) is 4.74 Å². The zero-order valence-electron chi connectivity index (χ0n) is 8.45. The van der Waals surface area contributed by atoms with Crippen LogP contribution < -0.4 is 10.1 Å². The van der Waals surface area contributed by atoms with Crippen molar-refractivity contribution in [1.82, 2.24) is 5.32 Å². The third-order valence-electron chi connectivity index (χ3n) is 1.64. The fourth-order valence-electron chi connectivity index (χ4n) is 0.927. The molecule has 0 fully saturated rings. The summed E-state index contributed by atoms with van der Waals surface area (Å²) in [4.78, 5) is 30.9. The second kappa shape index (κ2) is 5.45. The molecule has 90 valence electrons. The van der Waals surface area contributed by atoms with Crippen LogP contribution in [0.3, 0.4) is 0 Å². The standard InChI is InChI=1S/C9H8N2O6/c12-8(13)5-10-9(14)17-7-3-1-6(2-4-7)11(15)16/h1-4H,5H2,(H,10,14)(H,12,13). The summed E-state index contributed by atoms with van der Waals surface area (Å²) in [6.45, 7) is -0.564. The summed E-state index contributed by atoms with van der Waals surface area (Å²) >= 11 is 0. The molecule has 0 bridgehead atoms. The van der Waals surface area contributed by atoms with E-state index in [1.807, 2.05) is 5.32 Å². The summed E-state index contributed by atoms with van der Waals surface area (Å²) in [5.74, 6) is -1.12. The summed E-state index contributed by atoms with van der Waals surface area (Å²) in [7, 11) is 0. The van der Waals surface area contributed by atoms with Gasteiger partial charge in [-0.2, -0.15) is 0 Å². The van der Waals surface area contributed by atoms with E-state index in [4.69, 9.17) is 5.11 Å². The number of hydrogen-bond acceptors (Lipinski definition) is 5. The van der Waals surface area contributed by atoms with Crippen LogP contribution in [-0.2, 0) is 4.79 Å². The van der Waals surface area contributed by atoms with Gasteiger partial charge in [0.1, 0.15) is 12.3 Å². The molecule has 0 saturated carbocycles. The largest absolute Gasteiger partial charge is 0.480 e. The van der Waals surface area contributed by atoms with Crippen LogP contribution in [0.15, 0.2) is 24.3 Å². The summed E-state index contributed by atoms with van der Waals surface area (Å²) in [5, 5.41) is 20.6. The first-order valence-electron chi connectivity index (χ1n) is 4.41. The minimum absolute atomic E-state index is 0.0819. The highest BCUT2D eigenvalue weighted by molar-refractivity contribution is 5.77. The third kappa shape index (κ3) is 4.16. The van der Waals surface area contributed by atoms with Crippen molar-refractivity contribution >= 4 is 17.7 Å². The fourth-order valence-corrected chi connectivity index (χ4v) is 0.927. The Labute approximate surface area is 95.0 Å². The number of benzene rings is 1. The van der Waals surface area contributed by atoms with Crippen LogP contribution in [0.25, 0.3) is 0 Å². The van der Waals surface area contributed by atoms with Gasteiger partial charge in [-0.1, -0.05) is 0 Å². The number of ether oxygens (including phenoxy) is 1. The van der Waals surface area contributed by atoms with Crippen LogP contribution in [0, 0.1) is 10.1 Å². The fraction of sp³-hybridized carbons (Fsp3) is 0.111. The van der Waals surface area contributed by atoms with E-state index in [9.17, 15) is 19.7 Å². The molecule has 0 heterocycles. The highest BCUT2D eigenvalue weighted by Gasteiger charge is 2.08. The molecule has 8 heteroatoms. The van der Waals surface area contributed by atoms with Crippen molar-refractivity contribution in [2.24, 2.45) is 0 Å². The number of amides is 1. The Kier molecular flexibility index (Phi) is 3.98. The van der Waals surface area contributed by atoms with E-state index < -0.39 is 23.5 Å². The van der Waals surface area contributed by atoms with Gasteiger partial charge in [0.25, 0.3) is 5.69 Å². The molecule has 0 atom stereocenters. The summed E-state index contributed by atoms with van der Waals surface area (Å²) in [5.41, 5.74) is -0.136. The van der Waals surface area contributed by atoms with Gasteiger partial charge in [0.2, 0.25) is 0 Å². The number of nitrogens with one attached hydrogen (secondary N) is 1. The highest BCUT2D eigenvalue weighted by atomic mass is 16.6. The molecule has 0 unspecified atom stereocenters. The summed E-state index contributed by atoms with van der Waals surface area (Å²) < 4.78 is 4.66. The van der Waals surface area contributed by atoms with Crippen molar-refractivity contribution in [1.29, 1.82) is 0 Å². The first-order chi connectivity index (χ1) is 7.99. The van der Waals surface area contributed by atoms with E-state index in [1.54, 1.807) is 0 Å². The molecule has 2 N–H and O–H groups in total. The van der Waals surface area contributed by atoms with Gasteiger partial charge < -0.3 is 15.2 Å². The summed E-state index contributed by atoms with van der Waals surface area (Å²) in [6.07, 6.45) is -0.943. The zero-order valence-corrected chi connectivity index (χ0v) is 8.45. The molecule has 0 aromatic heterocycles. The predicted octanol–water partition coefficient (Wildman–Crippen LogP) is 0.768. The number of nitro benzene ring substituents is 1. The van der Waals surface area contributed by atoms with Gasteiger partial charge in [-0.3, -0.25) is 14.9 Å². The summed E-state index contributed by atoms with van der Waals surface area (Å²) in [6, 6.07) is 4.80. The van der Waals surface area contributed by atoms with Crippen molar-refractivity contribution in [3.8, 4) is 5.75 Å². The Morgan fingerprint density at radius 1 is 1.35 bits per heavy atom. The number of aliphatic carboxylic acids is 1. The molecule has 0 aliphatic heterocycles. The normalized spacial score (nSPS) is 9.41. The quantitative estimate of drug-likeness (QED) is 0.592. The average molecular weight is 240 g/mol. The number of carboxylic acid groups (broad SMARTS) is 1. The topological polar surface area (TPSA) is 119 Å². The number of carbonyl (C=O) groups excluding carboxylic acids is 1. The molecule has 0 aliphatic rings. The Morgan fingerprint density at radius 3 is 2.41 bits per heavy atom. The average Bonchev–Trinajstić information content (AvgIpc) is 2.27. The second-order valence-electron chi connectivity index (χ2n) is 2.89. The van der Waals surface area contributed by atoms with E-state index in [-0.39, 0.29) is 11.4 Å². The minimum atomic E-state index is -1.20. The first-order valence-corrected chi connectivity index (χ1v) is 4.41. The number of hydrogen-bond donors (Lipinski definition) is 2. The number of rotatable bonds is 4. The molecule has 0 saturated heterocycles. The molecule has 1 amide bonds. The van der Waals surface area contributed by atoms with Gasteiger partial charge in [-0.25, -0.2) is 4.79 Å². The van der Waals surface area contributed by atoms with Crippen molar-refractivity contribution in [2.75, 3.05) is 6.54 Å². The van der Waals surface area contributed by atoms with Crippen LogP contribution >= 0.6 is 0 Å². The maximum absolute atomic E-state index is 11.0. The molecule has 17 heavy (non-hydrogen) atoms. The van der Waals surface area contributed by atoms with Gasteiger partial charge >= 0.3 is 12.1 Å². The van der Waals surface area contributed by atoms with E-state index in [1.165, 1.54) is 24.3 Å². The maximum Gasteiger partial charge on any atom is 0.413 e. The minimum Gasteiger partial charge on any atom is -0.480 e. The number of nitrogens with zero attached hydrogens (tertiary/aromatic N) is 1. The van der Waals surface area contributed by atoms with Crippen molar-refractivity contribution in [2.45, 2.75) is 0 Å². The molecular weight excluding hydrogens is 232 g/mol. The second-order valence-corrected chi connectivity index (χ2v) is 2.89. The molecular formula is C9H8N2O6. The highest BCUT2D eigenvalue weighted by Crippen LogP contribution is 2.17. The lowest BCUT2D eigenvalue weighted by molar-refractivity contribution is -0.384. The monoisotopic (exact) mass is 240 g/mol. The predicted molar refractivity (Wildman–Crippen MR) is 54.8 cm³/mol. The smallest absolute Gasteiger partial charge is 0.413 e. The zero-order chi connectivity index (χ0) is 12.8. The molecule has 8 nitrogen and oxygen atoms in total. The van der Waals surface area contributed by atoms with Crippen LogP contribution in [0.5, 0.6) is 5.75 Å². The maximum atomic E-state index is 11.0. The van der Waals surface area contributed by atoms with Crippen molar-refractivity contribution in [3.05, 3.63) is 34.4 Å². The third-order valence-corrected chi connectivity index (χ3v) is 1.64.